The standard InChI is InChI=1S/C19H20ClFN2O3S/c1-14(27(25,26)18-7-5-16(21)6-8-18)19(24)23-11-9-22(10-12-23)17-4-2-3-15(20)13-17/h2-8,13-14H,9-12H2,1H3/t14-/m1/s1. The smallest absolute Gasteiger partial charge is 0.241 e. The number of halogens is 2. The average Bonchev–Trinajstić information content (AvgIpc) is 2.67. The van der Waals surface area contributed by atoms with Gasteiger partial charge in [0, 0.05) is 36.9 Å². The van der Waals surface area contributed by atoms with Gasteiger partial charge in [-0.2, -0.15) is 0 Å². The highest BCUT2D eigenvalue weighted by molar-refractivity contribution is 7.92. The van der Waals surface area contributed by atoms with Crippen molar-refractivity contribution in [3.8, 4) is 0 Å². The van der Waals surface area contributed by atoms with E-state index in [0.29, 0.717) is 31.2 Å². The maximum absolute atomic E-state index is 13.0. The van der Waals surface area contributed by atoms with Gasteiger partial charge in [0.15, 0.2) is 9.84 Å². The van der Waals surface area contributed by atoms with E-state index in [1.807, 2.05) is 18.2 Å². The van der Waals surface area contributed by atoms with E-state index >= 15 is 0 Å². The molecule has 27 heavy (non-hydrogen) atoms. The van der Waals surface area contributed by atoms with Gasteiger partial charge in [0.25, 0.3) is 0 Å². The van der Waals surface area contributed by atoms with E-state index in [1.165, 1.54) is 19.1 Å². The van der Waals surface area contributed by atoms with E-state index in [4.69, 9.17) is 11.6 Å². The number of amides is 1. The van der Waals surface area contributed by atoms with Gasteiger partial charge in [0.05, 0.1) is 4.90 Å². The molecule has 0 radical (unpaired) electrons. The molecule has 1 atom stereocenters. The summed E-state index contributed by atoms with van der Waals surface area (Å²) >= 11 is 6.02. The molecule has 1 amide bonds. The summed E-state index contributed by atoms with van der Waals surface area (Å²) in [4.78, 5) is 16.3. The van der Waals surface area contributed by atoms with Crippen LogP contribution in [-0.4, -0.2) is 50.7 Å². The van der Waals surface area contributed by atoms with Crippen LogP contribution >= 0.6 is 11.6 Å². The lowest BCUT2D eigenvalue weighted by Crippen LogP contribution is -2.52. The number of piperazine rings is 1. The fourth-order valence-electron chi connectivity index (χ4n) is 3.08. The van der Waals surface area contributed by atoms with E-state index in [9.17, 15) is 17.6 Å². The third-order valence-electron chi connectivity index (χ3n) is 4.72. The van der Waals surface area contributed by atoms with Gasteiger partial charge in [-0.25, -0.2) is 12.8 Å². The zero-order valence-electron chi connectivity index (χ0n) is 14.8. The van der Waals surface area contributed by atoms with Crippen molar-refractivity contribution in [2.45, 2.75) is 17.1 Å². The third kappa shape index (κ3) is 4.25. The number of benzene rings is 2. The van der Waals surface area contributed by atoms with Gasteiger partial charge in [-0.15, -0.1) is 0 Å². The van der Waals surface area contributed by atoms with Crippen LogP contribution in [-0.2, 0) is 14.6 Å². The lowest BCUT2D eigenvalue weighted by Gasteiger charge is -2.37. The summed E-state index contributed by atoms with van der Waals surface area (Å²) in [5, 5.41) is -0.578. The second-order valence-electron chi connectivity index (χ2n) is 6.43. The van der Waals surface area contributed by atoms with Gasteiger partial charge in [-0.3, -0.25) is 4.79 Å². The topological polar surface area (TPSA) is 57.7 Å². The molecule has 0 spiro atoms. The van der Waals surface area contributed by atoms with E-state index in [1.54, 1.807) is 11.0 Å². The molecular weight excluding hydrogens is 391 g/mol. The van der Waals surface area contributed by atoms with Crippen LogP contribution in [0.2, 0.25) is 5.02 Å². The van der Waals surface area contributed by atoms with Crippen molar-refractivity contribution < 1.29 is 17.6 Å². The number of carbonyl (C=O) groups is 1. The predicted molar refractivity (Wildman–Crippen MR) is 103 cm³/mol. The molecule has 1 saturated heterocycles. The van der Waals surface area contributed by atoms with E-state index < -0.39 is 26.8 Å². The summed E-state index contributed by atoms with van der Waals surface area (Å²) < 4.78 is 38.4. The first-order valence-electron chi connectivity index (χ1n) is 8.58. The normalized spacial score (nSPS) is 16.3. The van der Waals surface area contributed by atoms with Crippen LogP contribution in [0.4, 0.5) is 10.1 Å². The van der Waals surface area contributed by atoms with Crippen molar-refractivity contribution in [2.24, 2.45) is 0 Å². The maximum atomic E-state index is 13.0. The molecule has 0 aromatic heterocycles. The Morgan fingerprint density at radius 1 is 1.07 bits per heavy atom. The fourth-order valence-corrected chi connectivity index (χ4v) is 4.60. The largest absolute Gasteiger partial charge is 0.368 e. The second-order valence-corrected chi connectivity index (χ2v) is 9.14. The molecule has 1 fully saturated rings. The van der Waals surface area contributed by atoms with E-state index in [0.717, 1.165) is 17.8 Å². The number of hydrogen-bond acceptors (Lipinski definition) is 4. The molecule has 144 valence electrons. The minimum atomic E-state index is -3.86. The van der Waals surface area contributed by atoms with Crippen LogP contribution in [0.3, 0.4) is 0 Å². The summed E-state index contributed by atoms with van der Waals surface area (Å²) in [6.45, 7) is 3.42. The van der Waals surface area contributed by atoms with E-state index in [2.05, 4.69) is 4.90 Å². The summed E-state index contributed by atoms with van der Waals surface area (Å²) in [5.41, 5.74) is 0.974. The molecule has 0 bridgehead atoms. The Bertz CT molecular complexity index is 926. The lowest BCUT2D eigenvalue weighted by molar-refractivity contribution is -0.130. The van der Waals surface area contributed by atoms with Gasteiger partial charge in [-0.1, -0.05) is 17.7 Å². The molecular formula is C19H20ClFN2O3S. The minimum Gasteiger partial charge on any atom is -0.368 e. The molecule has 2 aromatic carbocycles. The van der Waals surface area contributed by atoms with Crippen LogP contribution in [0.25, 0.3) is 0 Å². The maximum Gasteiger partial charge on any atom is 0.241 e. The first-order valence-corrected chi connectivity index (χ1v) is 10.5. The summed E-state index contributed by atoms with van der Waals surface area (Å²) in [7, 11) is -3.86. The molecule has 1 aliphatic heterocycles. The van der Waals surface area contributed by atoms with Crippen LogP contribution in [0.15, 0.2) is 53.4 Å². The molecule has 2 aromatic rings. The van der Waals surface area contributed by atoms with Crippen LogP contribution in [0, 0.1) is 5.82 Å². The van der Waals surface area contributed by atoms with Crippen molar-refractivity contribution in [1.82, 2.24) is 4.90 Å². The zero-order valence-corrected chi connectivity index (χ0v) is 16.4. The lowest BCUT2D eigenvalue weighted by atomic mass is 10.2. The molecule has 8 heteroatoms. The molecule has 5 nitrogen and oxygen atoms in total. The molecule has 3 rings (SSSR count). The molecule has 0 unspecified atom stereocenters. The molecule has 1 heterocycles. The number of rotatable bonds is 4. The van der Waals surface area contributed by atoms with Gasteiger partial charge >= 0.3 is 0 Å². The van der Waals surface area contributed by atoms with Gasteiger partial charge in [-0.05, 0) is 49.4 Å². The van der Waals surface area contributed by atoms with Crippen molar-refractivity contribution in [3.63, 3.8) is 0 Å². The van der Waals surface area contributed by atoms with Gasteiger partial charge in [0.1, 0.15) is 11.1 Å². The Hall–Kier alpha value is -2.12. The highest BCUT2D eigenvalue weighted by Gasteiger charge is 2.34. The van der Waals surface area contributed by atoms with Gasteiger partial charge in [0.2, 0.25) is 5.91 Å². The number of sulfone groups is 1. The summed E-state index contributed by atoms with van der Waals surface area (Å²) in [5.74, 6) is -0.963. The van der Waals surface area contributed by atoms with Gasteiger partial charge < -0.3 is 9.80 Å². The first kappa shape index (κ1) is 19.6. The Morgan fingerprint density at radius 2 is 1.70 bits per heavy atom. The van der Waals surface area contributed by atoms with Crippen LogP contribution in [0.5, 0.6) is 0 Å². The highest BCUT2D eigenvalue weighted by Crippen LogP contribution is 2.22. The molecule has 0 N–H and O–H groups in total. The number of hydrogen-bond donors (Lipinski definition) is 0. The number of anilines is 1. The first-order chi connectivity index (χ1) is 12.8. The Balaban J connectivity index is 1.67. The average molecular weight is 411 g/mol. The summed E-state index contributed by atoms with van der Waals surface area (Å²) in [6.07, 6.45) is 0. The van der Waals surface area contributed by atoms with Crippen molar-refractivity contribution in [1.29, 1.82) is 0 Å². The van der Waals surface area contributed by atoms with Crippen LogP contribution in [0.1, 0.15) is 6.92 Å². The quantitative estimate of drug-likeness (QED) is 0.727. The number of carbonyl (C=O) groups excluding carboxylic acids is 1. The second kappa shape index (κ2) is 7.86. The number of nitrogens with zero attached hydrogens (tertiary/aromatic N) is 2. The van der Waals surface area contributed by atoms with Crippen molar-refractivity contribution in [2.75, 3.05) is 31.1 Å². The van der Waals surface area contributed by atoms with Crippen molar-refractivity contribution >= 4 is 33.0 Å². The molecule has 1 aliphatic rings. The Kier molecular flexibility index (Phi) is 5.72. The molecule has 0 aliphatic carbocycles. The SMILES string of the molecule is C[C@H](C(=O)N1CCN(c2cccc(Cl)c2)CC1)S(=O)(=O)c1ccc(F)cc1. The minimum absolute atomic E-state index is 0.0534. The predicted octanol–water partition coefficient (Wildman–Crippen LogP) is 2.99. The van der Waals surface area contributed by atoms with Crippen LogP contribution < -0.4 is 4.90 Å². The van der Waals surface area contributed by atoms with E-state index in [-0.39, 0.29) is 4.90 Å². The fraction of sp³-hybridized carbons (Fsp3) is 0.316. The monoisotopic (exact) mass is 410 g/mol. The Morgan fingerprint density at radius 3 is 2.30 bits per heavy atom. The molecule has 0 saturated carbocycles. The zero-order chi connectivity index (χ0) is 19.6. The third-order valence-corrected chi connectivity index (χ3v) is 7.02. The highest BCUT2D eigenvalue weighted by atomic mass is 35.5. The van der Waals surface area contributed by atoms with Crippen molar-refractivity contribution in [3.05, 3.63) is 59.4 Å². The summed E-state index contributed by atoms with van der Waals surface area (Å²) in [6, 6.07) is 12.0. The Labute approximate surface area is 163 Å².